The van der Waals surface area contributed by atoms with Gasteiger partial charge in [0, 0.05) is 6.54 Å². The second-order valence-corrected chi connectivity index (χ2v) is 8.29. The largest absolute Gasteiger partial charge is 0.418 e. The summed E-state index contributed by atoms with van der Waals surface area (Å²) in [6.45, 7) is -0.0316. The van der Waals surface area contributed by atoms with Crippen molar-refractivity contribution in [2.45, 2.75) is 30.1 Å². The van der Waals surface area contributed by atoms with Gasteiger partial charge in [-0.05, 0) is 12.8 Å². The first-order chi connectivity index (χ1) is 12.5. The van der Waals surface area contributed by atoms with Crippen LogP contribution in [0.15, 0.2) is 17.6 Å². The quantitative estimate of drug-likeness (QED) is 0.228. The highest BCUT2D eigenvalue weighted by Gasteiger charge is 2.48. The Kier molecular flexibility index (Phi) is 4.74. The Balaban J connectivity index is 1.75. The third-order valence-electron chi connectivity index (χ3n) is 3.91. The Morgan fingerprint density at radius 2 is 1.93 bits per heavy atom. The predicted molar refractivity (Wildman–Crippen MR) is 83.4 cm³/mol. The molecule has 1 aromatic rings. The van der Waals surface area contributed by atoms with Crippen LogP contribution in [0.25, 0.3) is 0 Å². The molecule has 2 unspecified atom stereocenters. The van der Waals surface area contributed by atoms with E-state index in [0.29, 0.717) is 17.5 Å². The Hall–Kier alpha value is -2.43. The summed E-state index contributed by atoms with van der Waals surface area (Å²) in [7, 11) is -9.30. The van der Waals surface area contributed by atoms with Gasteiger partial charge in [-0.1, -0.05) is 0 Å². The van der Waals surface area contributed by atoms with Crippen molar-refractivity contribution in [3.05, 3.63) is 18.2 Å². The molecular weight excluding hydrogens is 411 g/mol. The van der Waals surface area contributed by atoms with Gasteiger partial charge in [0.25, 0.3) is 15.2 Å². The first-order valence-corrected chi connectivity index (χ1v) is 10.2. The lowest BCUT2D eigenvalue weighted by molar-refractivity contribution is -0.0316. The number of sulfonamides is 1. The SMILES string of the molecule is N=C(NS(=O)(=O)c1ncc(F)cn1)C1CCC2CN1C(=O)N2OS(=O)(=O)O. The zero-order valence-corrected chi connectivity index (χ0v) is 14.9. The van der Waals surface area contributed by atoms with Gasteiger partial charge in [0.05, 0.1) is 24.5 Å². The predicted octanol–water partition coefficient (Wildman–Crippen LogP) is -1.13. The number of nitrogens with one attached hydrogen (secondary N) is 2. The van der Waals surface area contributed by atoms with E-state index >= 15 is 0 Å². The number of amides is 2. The van der Waals surface area contributed by atoms with Crippen molar-refractivity contribution < 1.29 is 34.9 Å². The zero-order chi connectivity index (χ0) is 20.0. The number of aromatic nitrogens is 2. The lowest BCUT2D eigenvalue weighted by Gasteiger charge is -2.30. The summed E-state index contributed by atoms with van der Waals surface area (Å²) in [5.41, 5.74) is 0. The fourth-order valence-corrected chi connectivity index (χ4v) is 4.12. The Morgan fingerprint density at radius 1 is 1.30 bits per heavy atom. The molecule has 0 spiro atoms. The third-order valence-corrected chi connectivity index (χ3v) is 5.44. The second kappa shape index (κ2) is 6.63. The maximum atomic E-state index is 12.8. The summed E-state index contributed by atoms with van der Waals surface area (Å²) in [5, 5.41) is 7.69. The number of fused-ring (bicyclic) bond motifs is 2. The molecule has 3 rings (SSSR count). The lowest BCUT2D eigenvalue weighted by atomic mass is 10.0. The van der Waals surface area contributed by atoms with Crippen LogP contribution in [0.3, 0.4) is 0 Å². The summed E-state index contributed by atoms with van der Waals surface area (Å²) >= 11 is 0. The molecule has 0 radical (unpaired) electrons. The van der Waals surface area contributed by atoms with Gasteiger partial charge in [-0.15, -0.1) is 4.28 Å². The van der Waals surface area contributed by atoms with E-state index in [1.807, 2.05) is 4.72 Å². The molecule has 0 saturated carbocycles. The number of hydrogen-bond acceptors (Lipinski definition) is 9. The maximum Gasteiger partial charge on any atom is 0.418 e. The van der Waals surface area contributed by atoms with Gasteiger partial charge in [-0.3, -0.25) is 14.7 Å². The second-order valence-electron chi connectivity index (χ2n) is 5.71. The topological polar surface area (TPSA) is 183 Å². The highest BCUT2D eigenvalue weighted by molar-refractivity contribution is 7.89. The van der Waals surface area contributed by atoms with E-state index in [2.05, 4.69) is 14.3 Å². The minimum atomic E-state index is -4.92. The Labute approximate surface area is 152 Å². The van der Waals surface area contributed by atoms with Crippen molar-refractivity contribution in [3.8, 4) is 0 Å². The van der Waals surface area contributed by atoms with Crippen LogP contribution in [-0.4, -0.2) is 71.8 Å². The summed E-state index contributed by atoms with van der Waals surface area (Å²) in [6.07, 6.45) is 1.61. The molecule has 3 heterocycles. The maximum absolute atomic E-state index is 12.8. The minimum Gasteiger partial charge on any atom is -0.310 e. The zero-order valence-electron chi connectivity index (χ0n) is 13.3. The monoisotopic (exact) mass is 424 g/mol. The molecule has 27 heavy (non-hydrogen) atoms. The fraction of sp³-hybridized carbons (Fsp3) is 0.455. The molecule has 1 aromatic heterocycles. The molecule has 2 fully saturated rings. The number of nitrogens with zero attached hydrogens (tertiary/aromatic N) is 4. The van der Waals surface area contributed by atoms with Crippen LogP contribution in [-0.2, 0) is 24.7 Å². The highest BCUT2D eigenvalue weighted by atomic mass is 32.3. The van der Waals surface area contributed by atoms with Crippen molar-refractivity contribution >= 4 is 32.3 Å². The van der Waals surface area contributed by atoms with Crippen LogP contribution in [0.4, 0.5) is 9.18 Å². The molecule has 2 aliphatic rings. The van der Waals surface area contributed by atoms with E-state index in [-0.39, 0.29) is 19.4 Å². The van der Waals surface area contributed by atoms with Crippen LogP contribution in [0.5, 0.6) is 0 Å². The average Bonchev–Trinajstić information content (AvgIpc) is 2.78. The molecule has 2 atom stereocenters. The lowest BCUT2D eigenvalue weighted by Crippen LogP contribution is -2.50. The standard InChI is InChI=1S/C11H13FN6O7S2/c12-6-3-14-10(15-4-6)26(20,21)16-9(13)8-2-1-7-5-17(8)11(19)18(7)25-27(22,23)24/h3-4,7-8H,1-2,5H2,(H2,13,16)(H,22,23,24). The van der Waals surface area contributed by atoms with Crippen molar-refractivity contribution in [2.75, 3.05) is 6.54 Å². The Morgan fingerprint density at radius 3 is 2.52 bits per heavy atom. The van der Waals surface area contributed by atoms with Crippen LogP contribution < -0.4 is 4.72 Å². The summed E-state index contributed by atoms with van der Waals surface area (Å²) in [4.78, 5) is 20.0. The minimum absolute atomic E-state index is 0.0316. The molecule has 2 saturated heterocycles. The van der Waals surface area contributed by atoms with E-state index in [1.54, 1.807) is 0 Å². The van der Waals surface area contributed by atoms with Gasteiger partial charge >= 0.3 is 16.4 Å². The smallest absolute Gasteiger partial charge is 0.310 e. The number of hydrogen-bond donors (Lipinski definition) is 3. The Bertz CT molecular complexity index is 983. The number of carbonyl (C=O) groups excluding carboxylic acids is 1. The molecular formula is C11H13FN6O7S2. The van der Waals surface area contributed by atoms with Crippen molar-refractivity contribution in [2.24, 2.45) is 0 Å². The number of urea groups is 1. The number of amidine groups is 1. The molecule has 2 bridgehead atoms. The van der Waals surface area contributed by atoms with Crippen molar-refractivity contribution in [1.82, 2.24) is 24.7 Å². The molecule has 148 valence electrons. The van der Waals surface area contributed by atoms with Crippen LogP contribution >= 0.6 is 0 Å². The molecule has 2 amide bonds. The van der Waals surface area contributed by atoms with E-state index in [1.165, 1.54) is 0 Å². The number of rotatable bonds is 5. The molecule has 3 N–H and O–H groups in total. The third kappa shape index (κ3) is 3.97. The first-order valence-electron chi connectivity index (χ1n) is 7.33. The normalized spacial score (nSPS) is 22.8. The van der Waals surface area contributed by atoms with Gasteiger partial charge < -0.3 is 4.90 Å². The van der Waals surface area contributed by atoms with Crippen LogP contribution in [0.1, 0.15) is 12.8 Å². The van der Waals surface area contributed by atoms with Gasteiger partial charge in [0.15, 0.2) is 5.82 Å². The van der Waals surface area contributed by atoms with Gasteiger partial charge in [0.1, 0.15) is 5.84 Å². The van der Waals surface area contributed by atoms with Crippen molar-refractivity contribution in [3.63, 3.8) is 0 Å². The first kappa shape index (κ1) is 19.3. The molecule has 0 aromatic carbocycles. The molecule has 16 heteroatoms. The van der Waals surface area contributed by atoms with E-state index in [4.69, 9.17) is 9.96 Å². The van der Waals surface area contributed by atoms with E-state index in [0.717, 1.165) is 4.90 Å². The fourth-order valence-electron chi connectivity index (χ4n) is 2.83. The average molecular weight is 424 g/mol. The number of piperidine rings is 1. The summed E-state index contributed by atoms with van der Waals surface area (Å²) < 4.78 is 73.8. The van der Waals surface area contributed by atoms with Gasteiger partial charge in [-0.25, -0.2) is 19.2 Å². The van der Waals surface area contributed by atoms with E-state index < -0.39 is 55.3 Å². The van der Waals surface area contributed by atoms with Gasteiger partial charge in [0.2, 0.25) is 0 Å². The van der Waals surface area contributed by atoms with Crippen LogP contribution in [0, 0.1) is 11.2 Å². The molecule has 2 aliphatic heterocycles. The highest BCUT2D eigenvalue weighted by Crippen LogP contribution is 2.30. The van der Waals surface area contributed by atoms with Gasteiger partial charge in [-0.2, -0.15) is 21.9 Å². The summed E-state index contributed by atoms with van der Waals surface area (Å²) in [5.74, 6) is -1.42. The molecule has 0 aliphatic carbocycles. The summed E-state index contributed by atoms with van der Waals surface area (Å²) in [6, 6.07) is -2.64. The van der Waals surface area contributed by atoms with Crippen LogP contribution in [0.2, 0.25) is 0 Å². The number of carbonyl (C=O) groups is 1. The van der Waals surface area contributed by atoms with E-state index in [9.17, 15) is 26.0 Å². The number of halogens is 1. The van der Waals surface area contributed by atoms with Crippen molar-refractivity contribution in [1.29, 1.82) is 5.41 Å². The number of hydroxylamine groups is 2. The molecule has 13 nitrogen and oxygen atoms in total.